The minimum absolute atomic E-state index is 0.309. The van der Waals surface area contributed by atoms with Gasteiger partial charge in [0.1, 0.15) is 0 Å². The van der Waals surface area contributed by atoms with Crippen LogP contribution >= 0.6 is 31.9 Å². The molecule has 0 amide bonds. The number of carbonyl (C=O) groups is 1. The van der Waals surface area contributed by atoms with E-state index in [1.165, 1.54) is 0 Å². The molecule has 2 atom stereocenters. The van der Waals surface area contributed by atoms with Gasteiger partial charge in [-0.1, -0.05) is 20.8 Å². The Balaban J connectivity index is 3.36. The number of allylic oxidation sites excluding steroid dienone is 1. The number of rotatable bonds is 4. The second kappa shape index (κ2) is 4.74. The van der Waals surface area contributed by atoms with Crippen molar-refractivity contribution >= 4 is 37.8 Å². The Labute approximate surface area is 118 Å². The molecule has 5 heteroatoms. The van der Waals surface area contributed by atoms with Crippen LogP contribution in [-0.2, 0) is 4.79 Å². The van der Waals surface area contributed by atoms with Gasteiger partial charge >= 0.3 is 5.97 Å². The van der Waals surface area contributed by atoms with Gasteiger partial charge in [0.2, 0.25) is 0 Å². The highest BCUT2D eigenvalue weighted by Crippen LogP contribution is 2.76. The molecular weight excluding hydrogens is 350 g/mol. The fraction of sp³-hybridized carbons (Fsp3) is 0.667. The van der Waals surface area contributed by atoms with Crippen molar-refractivity contribution in [3.63, 3.8) is 0 Å². The van der Waals surface area contributed by atoms with E-state index in [-0.39, 0.29) is 5.41 Å². The van der Waals surface area contributed by atoms with E-state index in [9.17, 15) is 15.2 Å². The minimum Gasteiger partial charge on any atom is -0.481 e. The lowest BCUT2D eigenvalue weighted by Gasteiger charge is -2.18. The van der Waals surface area contributed by atoms with E-state index in [0.29, 0.717) is 8.96 Å². The average molecular weight is 365 g/mol. The minimum atomic E-state index is -0.815. The van der Waals surface area contributed by atoms with Crippen molar-refractivity contribution in [1.82, 2.24) is 0 Å². The van der Waals surface area contributed by atoms with E-state index >= 15 is 0 Å². The maximum Gasteiger partial charge on any atom is 0.308 e. The lowest BCUT2D eigenvalue weighted by Crippen LogP contribution is -2.12. The van der Waals surface area contributed by atoms with Crippen LogP contribution in [0.5, 0.6) is 0 Å². The average Bonchev–Trinajstić information content (AvgIpc) is 2.79. The number of halogens is 2. The normalized spacial score (nSPS) is 29.3. The third-order valence-electron chi connectivity index (χ3n) is 4.41. The monoisotopic (exact) mass is 363 g/mol. The third-order valence-corrected chi connectivity index (χ3v) is 5.20. The standard InChI is InChI=1S/C12H15Br2NO2/c1-4-12(5-2)8(10(16)17)11(12,3)7(6-15)9(13)14/h8H,4-5H2,1-3H3,(H,16,17). The Bertz CT molecular complexity index is 417. The predicted octanol–water partition coefficient (Wildman–Crippen LogP) is 4.04. The molecule has 0 aliphatic heterocycles. The molecule has 0 aromatic carbocycles. The highest BCUT2D eigenvalue weighted by molar-refractivity contribution is 9.28. The van der Waals surface area contributed by atoms with Crippen molar-refractivity contribution in [1.29, 1.82) is 5.26 Å². The first-order valence-electron chi connectivity index (χ1n) is 5.52. The summed E-state index contributed by atoms with van der Waals surface area (Å²) in [6, 6.07) is 2.13. The van der Waals surface area contributed by atoms with Crippen LogP contribution in [0, 0.1) is 28.1 Å². The summed E-state index contributed by atoms with van der Waals surface area (Å²) in [7, 11) is 0. The van der Waals surface area contributed by atoms with Crippen LogP contribution in [0.3, 0.4) is 0 Å². The highest BCUT2D eigenvalue weighted by Gasteiger charge is 2.76. The molecule has 1 aliphatic rings. The van der Waals surface area contributed by atoms with Crippen LogP contribution in [0.15, 0.2) is 8.96 Å². The number of hydrogen-bond acceptors (Lipinski definition) is 2. The van der Waals surface area contributed by atoms with Crippen LogP contribution in [0.2, 0.25) is 0 Å². The van der Waals surface area contributed by atoms with Crippen LogP contribution in [0.4, 0.5) is 0 Å². The summed E-state index contributed by atoms with van der Waals surface area (Å²) in [4.78, 5) is 11.4. The SMILES string of the molecule is CCC1(CC)C(C(=O)O)C1(C)C(C#N)=C(Br)Br. The summed E-state index contributed by atoms with van der Waals surface area (Å²) < 4.78 is 0.560. The van der Waals surface area contributed by atoms with Gasteiger partial charge in [-0.3, -0.25) is 4.79 Å². The maximum absolute atomic E-state index is 11.4. The molecule has 17 heavy (non-hydrogen) atoms. The summed E-state index contributed by atoms with van der Waals surface area (Å²) in [6.07, 6.45) is 1.52. The molecule has 0 spiro atoms. The van der Waals surface area contributed by atoms with Gasteiger partial charge in [-0.2, -0.15) is 5.26 Å². The quantitative estimate of drug-likeness (QED) is 0.765. The summed E-state index contributed by atoms with van der Waals surface area (Å²) in [5, 5.41) is 18.6. The molecule has 0 heterocycles. The third kappa shape index (κ3) is 1.77. The molecule has 3 nitrogen and oxygen atoms in total. The lowest BCUT2D eigenvalue weighted by molar-refractivity contribution is -0.140. The number of aliphatic carboxylic acids is 1. The Morgan fingerprint density at radius 3 is 2.06 bits per heavy atom. The molecule has 1 rings (SSSR count). The summed E-state index contributed by atoms with van der Waals surface area (Å²) in [5.74, 6) is -1.30. The number of hydrogen-bond donors (Lipinski definition) is 1. The first kappa shape index (κ1) is 14.7. The van der Waals surface area contributed by atoms with E-state index in [2.05, 4.69) is 37.9 Å². The zero-order valence-electron chi connectivity index (χ0n) is 10.1. The van der Waals surface area contributed by atoms with Gasteiger partial charge < -0.3 is 5.11 Å². The number of nitriles is 1. The molecule has 1 aliphatic carbocycles. The number of nitrogens with zero attached hydrogens (tertiary/aromatic N) is 1. The van der Waals surface area contributed by atoms with Crippen molar-refractivity contribution in [3.05, 3.63) is 8.96 Å². The van der Waals surface area contributed by atoms with Gasteiger partial charge in [-0.25, -0.2) is 0 Å². The van der Waals surface area contributed by atoms with Crippen LogP contribution in [-0.4, -0.2) is 11.1 Å². The van der Waals surface area contributed by atoms with E-state index in [1.54, 1.807) is 0 Å². The molecule has 0 saturated heterocycles. The first-order valence-corrected chi connectivity index (χ1v) is 7.10. The molecule has 1 saturated carbocycles. The van der Waals surface area contributed by atoms with Gasteiger partial charge in [0.05, 0.1) is 21.0 Å². The molecule has 0 aromatic rings. The Morgan fingerprint density at radius 2 is 1.88 bits per heavy atom. The van der Waals surface area contributed by atoms with Crippen molar-refractivity contribution in [3.8, 4) is 6.07 Å². The number of carboxylic acids is 1. The summed E-state index contributed by atoms with van der Waals surface area (Å²) >= 11 is 6.49. The Kier molecular flexibility index (Phi) is 4.10. The van der Waals surface area contributed by atoms with Gasteiger partial charge in [0.15, 0.2) is 0 Å². The molecular formula is C12H15Br2NO2. The fourth-order valence-corrected chi connectivity index (χ4v) is 4.39. The largest absolute Gasteiger partial charge is 0.481 e. The topological polar surface area (TPSA) is 61.1 Å². The molecule has 94 valence electrons. The van der Waals surface area contributed by atoms with E-state index in [4.69, 9.17) is 0 Å². The van der Waals surface area contributed by atoms with Gasteiger partial charge in [0, 0.05) is 5.41 Å². The van der Waals surface area contributed by atoms with E-state index in [1.807, 2.05) is 20.8 Å². The smallest absolute Gasteiger partial charge is 0.308 e. The zero-order valence-corrected chi connectivity index (χ0v) is 13.2. The summed E-state index contributed by atoms with van der Waals surface area (Å²) in [6.45, 7) is 5.85. The van der Waals surface area contributed by atoms with E-state index in [0.717, 1.165) is 12.8 Å². The van der Waals surface area contributed by atoms with Crippen molar-refractivity contribution in [2.45, 2.75) is 33.6 Å². The number of carboxylic acid groups (broad SMARTS) is 1. The summed E-state index contributed by atoms with van der Waals surface area (Å²) in [5.41, 5.74) is -0.399. The Hall–Kier alpha value is -0.340. The molecule has 1 N–H and O–H groups in total. The first-order chi connectivity index (χ1) is 7.83. The molecule has 2 unspecified atom stereocenters. The van der Waals surface area contributed by atoms with Gasteiger partial charge in [-0.05, 0) is 50.1 Å². The molecule has 0 aromatic heterocycles. The van der Waals surface area contributed by atoms with Crippen LogP contribution < -0.4 is 0 Å². The van der Waals surface area contributed by atoms with Gasteiger partial charge in [0.25, 0.3) is 0 Å². The molecule has 0 bridgehead atoms. The van der Waals surface area contributed by atoms with E-state index < -0.39 is 17.3 Å². The zero-order chi connectivity index (χ0) is 13.4. The molecule has 0 radical (unpaired) electrons. The van der Waals surface area contributed by atoms with Crippen molar-refractivity contribution < 1.29 is 9.90 Å². The maximum atomic E-state index is 11.4. The van der Waals surface area contributed by atoms with Crippen LogP contribution in [0.25, 0.3) is 0 Å². The highest BCUT2D eigenvalue weighted by atomic mass is 79.9. The lowest BCUT2D eigenvalue weighted by atomic mass is 9.85. The fourth-order valence-electron chi connectivity index (χ4n) is 3.39. The van der Waals surface area contributed by atoms with Crippen molar-refractivity contribution in [2.24, 2.45) is 16.7 Å². The van der Waals surface area contributed by atoms with Gasteiger partial charge in [-0.15, -0.1) is 0 Å². The predicted molar refractivity (Wildman–Crippen MR) is 72.7 cm³/mol. The molecule has 1 fully saturated rings. The second-order valence-electron chi connectivity index (χ2n) is 4.58. The Morgan fingerprint density at radius 1 is 1.41 bits per heavy atom. The van der Waals surface area contributed by atoms with Crippen molar-refractivity contribution in [2.75, 3.05) is 0 Å². The van der Waals surface area contributed by atoms with Crippen LogP contribution in [0.1, 0.15) is 33.6 Å². The second-order valence-corrected chi connectivity index (χ2v) is 7.23.